The molecule has 0 rings (SSSR count). The normalized spacial score (nSPS) is 13.4. The van der Waals surface area contributed by atoms with Crippen LogP contribution >= 0.6 is 0 Å². The van der Waals surface area contributed by atoms with E-state index in [0.29, 0.717) is 23.9 Å². The van der Waals surface area contributed by atoms with Crippen LogP contribution in [0, 0.1) is 0 Å². The molecule has 420 valence electrons. The largest absolute Gasteiger partial charge is 0.477 e. The first kappa shape index (κ1) is 69.5. The Morgan fingerprint density at radius 2 is 0.781 bits per heavy atom. The molecule has 9 nitrogen and oxygen atoms in total. The van der Waals surface area contributed by atoms with Gasteiger partial charge in [-0.05, 0) is 89.9 Å². The Balaban J connectivity index is 4.26. The number of carbonyl (C=O) groups is 3. The smallest absolute Gasteiger partial charge is 0.361 e. The number of rotatable bonds is 54. The summed E-state index contributed by atoms with van der Waals surface area (Å²) in [7, 11) is 5.96. The zero-order chi connectivity index (χ0) is 53.4. The molecule has 73 heavy (non-hydrogen) atoms. The first-order valence-corrected chi connectivity index (χ1v) is 29.8. The number of carboxylic acid groups (broad SMARTS) is 1. The molecule has 9 heteroatoms. The van der Waals surface area contributed by atoms with E-state index in [-0.39, 0.29) is 32.2 Å². The number of likely N-dealkylation sites (N-methyl/N-ethyl adjacent to an activating group) is 1. The van der Waals surface area contributed by atoms with Crippen LogP contribution in [0.4, 0.5) is 0 Å². The van der Waals surface area contributed by atoms with E-state index in [9.17, 15) is 19.5 Å². The summed E-state index contributed by atoms with van der Waals surface area (Å²) in [6.45, 7) is 4.75. The van der Waals surface area contributed by atoms with E-state index in [4.69, 9.17) is 18.9 Å². The lowest BCUT2D eigenvalue weighted by atomic mass is 10.0. The predicted molar refractivity (Wildman–Crippen MR) is 309 cm³/mol. The van der Waals surface area contributed by atoms with Gasteiger partial charge in [0.05, 0.1) is 34.4 Å². The van der Waals surface area contributed by atoms with Gasteiger partial charge in [-0.3, -0.25) is 9.59 Å². The van der Waals surface area contributed by atoms with Crippen molar-refractivity contribution in [3.8, 4) is 0 Å². The van der Waals surface area contributed by atoms with Crippen molar-refractivity contribution >= 4 is 17.9 Å². The monoisotopic (exact) mass is 1020 g/mol. The van der Waals surface area contributed by atoms with Gasteiger partial charge in [0.1, 0.15) is 13.2 Å². The standard InChI is InChI=1S/C64H111NO8/c1-6-8-10-12-14-16-18-20-22-24-26-28-30-31-33-34-36-38-40-42-44-46-48-50-52-54-61(66)71-58-60(59-72-64(63(68)69)70-57-56-65(3,4)5)73-62(67)55-53-51-49-47-45-43-41-39-37-35-32-29-27-25-23-21-19-17-15-13-11-9-7-2/h9,11,15,17-18,20-21,23-24,26-27,29,35,37,60,64H,6-8,10,12-14,16,19,22,25,28,30-34,36,38-59H2,1-5H3/p+1/b11-9-,17-15-,20-18-,23-21-,26-24-,29-27-,37-35-. The number of allylic oxidation sites excluding steroid dienone is 14. The Morgan fingerprint density at radius 1 is 0.425 bits per heavy atom. The number of hydrogen-bond acceptors (Lipinski definition) is 7. The van der Waals surface area contributed by atoms with Crippen molar-refractivity contribution in [2.24, 2.45) is 0 Å². The van der Waals surface area contributed by atoms with Crippen molar-refractivity contribution in [1.82, 2.24) is 0 Å². The van der Waals surface area contributed by atoms with Gasteiger partial charge in [0, 0.05) is 12.8 Å². The van der Waals surface area contributed by atoms with Gasteiger partial charge in [-0.15, -0.1) is 0 Å². The molecule has 0 bridgehead atoms. The first-order valence-electron chi connectivity index (χ1n) is 29.8. The van der Waals surface area contributed by atoms with Crippen molar-refractivity contribution in [3.63, 3.8) is 0 Å². The second-order valence-corrected chi connectivity index (χ2v) is 20.9. The fraction of sp³-hybridized carbons (Fsp3) is 0.734. The molecule has 0 aliphatic heterocycles. The van der Waals surface area contributed by atoms with Crippen molar-refractivity contribution < 1.29 is 42.9 Å². The summed E-state index contributed by atoms with van der Waals surface area (Å²) in [6.07, 6.45) is 69.4. The zero-order valence-electron chi connectivity index (χ0n) is 47.8. The first-order chi connectivity index (χ1) is 35.6. The van der Waals surface area contributed by atoms with Crippen LogP contribution in [-0.2, 0) is 33.3 Å². The molecule has 0 spiro atoms. The van der Waals surface area contributed by atoms with E-state index in [2.05, 4.69) is 98.9 Å². The van der Waals surface area contributed by atoms with Gasteiger partial charge in [-0.2, -0.15) is 0 Å². The van der Waals surface area contributed by atoms with Gasteiger partial charge in [0.25, 0.3) is 6.29 Å². The molecule has 0 aliphatic rings. The molecule has 0 aromatic carbocycles. The maximum Gasteiger partial charge on any atom is 0.361 e. The van der Waals surface area contributed by atoms with Crippen LogP contribution in [0.25, 0.3) is 0 Å². The molecule has 0 saturated carbocycles. The number of quaternary nitrogens is 1. The molecule has 1 N–H and O–H groups in total. The van der Waals surface area contributed by atoms with E-state index >= 15 is 0 Å². The molecule has 0 amide bonds. The van der Waals surface area contributed by atoms with Gasteiger partial charge >= 0.3 is 17.9 Å². The number of ether oxygens (including phenoxy) is 4. The maximum atomic E-state index is 12.9. The highest BCUT2D eigenvalue weighted by Gasteiger charge is 2.25. The van der Waals surface area contributed by atoms with E-state index < -0.39 is 24.3 Å². The topological polar surface area (TPSA) is 108 Å². The Kier molecular flexibility index (Phi) is 52.1. The van der Waals surface area contributed by atoms with Gasteiger partial charge in [-0.1, -0.05) is 227 Å². The molecule has 0 aromatic heterocycles. The summed E-state index contributed by atoms with van der Waals surface area (Å²) in [5.41, 5.74) is 0. The van der Waals surface area contributed by atoms with Crippen LogP contribution in [0.3, 0.4) is 0 Å². The molecule has 0 aliphatic carbocycles. The third-order valence-electron chi connectivity index (χ3n) is 12.6. The Hall–Kier alpha value is -3.53. The number of unbranched alkanes of at least 4 members (excludes halogenated alkanes) is 25. The number of carbonyl (C=O) groups excluding carboxylic acids is 2. The highest BCUT2D eigenvalue weighted by atomic mass is 16.7. The molecule has 0 heterocycles. The van der Waals surface area contributed by atoms with Crippen LogP contribution in [0.15, 0.2) is 85.1 Å². The van der Waals surface area contributed by atoms with Crippen LogP contribution in [-0.4, -0.2) is 87.4 Å². The summed E-state index contributed by atoms with van der Waals surface area (Å²) >= 11 is 0. The van der Waals surface area contributed by atoms with E-state index in [1.54, 1.807) is 0 Å². The highest BCUT2D eigenvalue weighted by Crippen LogP contribution is 2.16. The maximum absolute atomic E-state index is 12.9. The molecule has 0 aromatic rings. The summed E-state index contributed by atoms with van der Waals surface area (Å²) in [4.78, 5) is 37.5. The van der Waals surface area contributed by atoms with Crippen LogP contribution in [0.5, 0.6) is 0 Å². The third kappa shape index (κ3) is 56.0. The highest BCUT2D eigenvalue weighted by molar-refractivity contribution is 5.71. The third-order valence-corrected chi connectivity index (χ3v) is 12.6. The van der Waals surface area contributed by atoms with Crippen LogP contribution in [0.1, 0.15) is 245 Å². The minimum absolute atomic E-state index is 0.182. The number of hydrogen-bond donors (Lipinski definition) is 1. The van der Waals surface area contributed by atoms with E-state index in [0.717, 1.165) is 83.5 Å². The summed E-state index contributed by atoms with van der Waals surface area (Å²) in [5, 5.41) is 9.71. The summed E-state index contributed by atoms with van der Waals surface area (Å²) in [5.74, 6) is -2.02. The molecule has 0 fully saturated rings. The van der Waals surface area contributed by atoms with Crippen molar-refractivity contribution in [2.45, 2.75) is 257 Å². The molecular formula is C64H112NO8+. The van der Waals surface area contributed by atoms with Gasteiger partial charge < -0.3 is 28.5 Å². The predicted octanol–water partition coefficient (Wildman–Crippen LogP) is 17.6. The average molecular weight is 1020 g/mol. The molecular weight excluding hydrogens is 911 g/mol. The van der Waals surface area contributed by atoms with Crippen molar-refractivity contribution in [3.05, 3.63) is 85.1 Å². The quantitative estimate of drug-likeness (QED) is 0.0211. The SMILES string of the molecule is CC/C=C\C/C=C\C/C=C\C/C=C\C/C=C\CCCCCCCCCC(=O)OC(COC(=O)CCCCCCCCCCCCCCC/C=C\C/C=C\CCCCCCC)COC(OCC[N+](C)(C)C)C(=O)O. The molecule has 2 atom stereocenters. The number of esters is 2. The zero-order valence-corrected chi connectivity index (χ0v) is 47.8. The minimum Gasteiger partial charge on any atom is -0.477 e. The van der Waals surface area contributed by atoms with Gasteiger partial charge in [0.15, 0.2) is 6.10 Å². The lowest BCUT2D eigenvalue weighted by Crippen LogP contribution is -2.40. The summed E-state index contributed by atoms with van der Waals surface area (Å²) < 4.78 is 22.9. The fourth-order valence-electron chi connectivity index (χ4n) is 8.07. The van der Waals surface area contributed by atoms with Crippen molar-refractivity contribution in [1.29, 1.82) is 0 Å². The van der Waals surface area contributed by atoms with Gasteiger partial charge in [0.2, 0.25) is 0 Å². The lowest BCUT2D eigenvalue weighted by Gasteiger charge is -2.25. The molecule has 0 radical (unpaired) electrons. The van der Waals surface area contributed by atoms with E-state index in [1.807, 2.05) is 21.1 Å². The second kappa shape index (κ2) is 54.7. The molecule has 0 saturated heterocycles. The summed E-state index contributed by atoms with van der Waals surface area (Å²) in [6, 6.07) is 0. The Morgan fingerprint density at radius 3 is 1.16 bits per heavy atom. The van der Waals surface area contributed by atoms with Crippen LogP contribution < -0.4 is 0 Å². The minimum atomic E-state index is -1.52. The van der Waals surface area contributed by atoms with Gasteiger partial charge in [-0.25, -0.2) is 4.79 Å². The number of nitrogens with zero attached hydrogens (tertiary/aromatic N) is 1. The Labute approximate surface area is 449 Å². The van der Waals surface area contributed by atoms with Crippen molar-refractivity contribution in [2.75, 3.05) is 47.5 Å². The van der Waals surface area contributed by atoms with E-state index in [1.165, 1.54) is 128 Å². The van der Waals surface area contributed by atoms with Crippen LogP contribution in [0.2, 0.25) is 0 Å². The molecule has 2 unspecified atom stereocenters. The number of carboxylic acids is 1. The second-order valence-electron chi connectivity index (χ2n) is 20.9. The fourth-order valence-corrected chi connectivity index (χ4v) is 8.07. The average Bonchev–Trinajstić information content (AvgIpc) is 3.36. The number of aliphatic carboxylic acids is 1. The lowest BCUT2D eigenvalue weighted by molar-refractivity contribution is -0.870. The Bertz CT molecular complexity index is 1470.